The molecule has 3 aromatic carbocycles. The number of hydrogen-bond acceptors (Lipinski definition) is 6. The number of amides is 3. The Morgan fingerprint density at radius 1 is 1.04 bits per heavy atom. The fourth-order valence-electron chi connectivity index (χ4n) is 5.40. The van der Waals surface area contributed by atoms with Crippen LogP contribution in [0.4, 0.5) is 13.2 Å². The van der Waals surface area contributed by atoms with Crippen LogP contribution in [-0.4, -0.2) is 61.5 Å². The van der Waals surface area contributed by atoms with Crippen molar-refractivity contribution in [1.29, 1.82) is 0 Å². The van der Waals surface area contributed by atoms with E-state index in [1.165, 1.54) is 18.1 Å². The molecule has 9 nitrogen and oxygen atoms in total. The second kappa shape index (κ2) is 13.6. The first-order valence-corrected chi connectivity index (χ1v) is 14.6. The van der Waals surface area contributed by atoms with Crippen LogP contribution in [0, 0.1) is 6.92 Å². The van der Waals surface area contributed by atoms with Gasteiger partial charge in [-0.05, 0) is 67.3 Å². The number of nitrogens with zero attached hydrogens (tertiary/aromatic N) is 1. The summed E-state index contributed by atoms with van der Waals surface area (Å²) in [5.74, 6) is 0.175. The van der Waals surface area contributed by atoms with Crippen molar-refractivity contribution in [2.45, 2.75) is 51.1 Å². The van der Waals surface area contributed by atoms with Crippen LogP contribution in [0.25, 0.3) is 0 Å². The average Bonchev–Trinajstić information content (AvgIpc) is 3.01. The SMILES string of the molecule is COc1cc2cc(c1)C(=O)NCCCC(=O)N[C@H]1CN(C(=O)c3cc(C(F)(F)F)ccc3C)CC[C@@H]1OCc1cccc(c1)O2. The quantitative estimate of drug-likeness (QED) is 0.403. The lowest BCUT2D eigenvalue weighted by Gasteiger charge is -2.39. The minimum Gasteiger partial charge on any atom is -0.497 e. The second-order valence-corrected chi connectivity index (χ2v) is 11.1. The molecule has 45 heavy (non-hydrogen) atoms. The third kappa shape index (κ3) is 7.93. The Bertz CT molecular complexity index is 1580. The van der Waals surface area contributed by atoms with Gasteiger partial charge in [0.2, 0.25) is 5.91 Å². The first kappa shape index (κ1) is 31.8. The van der Waals surface area contributed by atoms with Crippen LogP contribution in [0.1, 0.15) is 56.7 Å². The van der Waals surface area contributed by atoms with Gasteiger partial charge in [0.15, 0.2) is 0 Å². The van der Waals surface area contributed by atoms with Crippen molar-refractivity contribution < 1.29 is 41.8 Å². The summed E-state index contributed by atoms with van der Waals surface area (Å²) in [6, 6.07) is 14.6. The van der Waals surface area contributed by atoms with Crippen LogP contribution in [0.5, 0.6) is 17.2 Å². The number of carbonyl (C=O) groups is 3. The molecule has 0 radical (unpaired) electrons. The number of likely N-dealkylation sites (tertiary alicyclic amines) is 1. The summed E-state index contributed by atoms with van der Waals surface area (Å²) < 4.78 is 57.8. The Kier molecular flexibility index (Phi) is 9.62. The molecule has 2 heterocycles. The number of alkyl halides is 3. The van der Waals surface area contributed by atoms with Gasteiger partial charge in [0.05, 0.1) is 31.4 Å². The Balaban J connectivity index is 1.37. The molecule has 4 bridgehead atoms. The Hall–Kier alpha value is -4.58. The fourth-order valence-corrected chi connectivity index (χ4v) is 5.40. The lowest BCUT2D eigenvalue weighted by atomic mass is 9.98. The molecule has 0 spiro atoms. The normalized spacial score (nSPS) is 19.6. The molecule has 1 fully saturated rings. The van der Waals surface area contributed by atoms with E-state index >= 15 is 0 Å². The van der Waals surface area contributed by atoms with E-state index in [-0.39, 0.29) is 50.0 Å². The summed E-state index contributed by atoms with van der Waals surface area (Å²) in [6.07, 6.45) is -4.26. The summed E-state index contributed by atoms with van der Waals surface area (Å²) in [6.45, 7) is 2.29. The van der Waals surface area contributed by atoms with Crippen molar-refractivity contribution in [3.05, 3.63) is 88.5 Å². The van der Waals surface area contributed by atoms with Crippen LogP contribution in [-0.2, 0) is 22.3 Å². The molecule has 2 N–H and O–H groups in total. The highest BCUT2D eigenvalue weighted by Crippen LogP contribution is 2.32. The molecule has 12 heteroatoms. The van der Waals surface area contributed by atoms with Gasteiger partial charge in [0, 0.05) is 43.2 Å². The third-order valence-corrected chi connectivity index (χ3v) is 7.82. The van der Waals surface area contributed by atoms with Gasteiger partial charge in [-0.15, -0.1) is 0 Å². The van der Waals surface area contributed by atoms with E-state index in [1.54, 1.807) is 43.3 Å². The maximum absolute atomic E-state index is 13.4. The van der Waals surface area contributed by atoms with E-state index in [9.17, 15) is 27.6 Å². The van der Waals surface area contributed by atoms with E-state index < -0.39 is 29.8 Å². The molecule has 0 saturated carbocycles. The number of carbonyl (C=O) groups excluding carboxylic acids is 3. The molecule has 0 unspecified atom stereocenters. The van der Waals surface area contributed by atoms with Crippen LogP contribution in [0.2, 0.25) is 0 Å². The van der Waals surface area contributed by atoms with Gasteiger partial charge in [-0.1, -0.05) is 18.2 Å². The van der Waals surface area contributed by atoms with Crippen LogP contribution >= 0.6 is 0 Å². The van der Waals surface area contributed by atoms with Crippen LogP contribution in [0.3, 0.4) is 0 Å². The maximum atomic E-state index is 13.4. The van der Waals surface area contributed by atoms with Gasteiger partial charge >= 0.3 is 6.18 Å². The Morgan fingerprint density at radius 3 is 2.64 bits per heavy atom. The van der Waals surface area contributed by atoms with Gasteiger partial charge < -0.3 is 29.7 Å². The number of aryl methyl sites for hydroxylation is 1. The number of fused-ring (bicyclic) bond motifs is 5. The molecular weight excluding hydrogens is 591 g/mol. The molecule has 3 amide bonds. The van der Waals surface area contributed by atoms with Crippen molar-refractivity contribution in [1.82, 2.24) is 15.5 Å². The van der Waals surface area contributed by atoms with Crippen molar-refractivity contribution in [3.63, 3.8) is 0 Å². The number of halogens is 3. The smallest absolute Gasteiger partial charge is 0.416 e. The minimum atomic E-state index is -4.59. The zero-order valence-corrected chi connectivity index (χ0v) is 24.9. The molecule has 0 aliphatic carbocycles. The lowest BCUT2D eigenvalue weighted by molar-refractivity contribution is -0.137. The van der Waals surface area contributed by atoms with Gasteiger partial charge in [-0.25, -0.2) is 0 Å². The van der Waals surface area contributed by atoms with Crippen molar-refractivity contribution in [2.75, 3.05) is 26.7 Å². The third-order valence-electron chi connectivity index (χ3n) is 7.82. The summed E-state index contributed by atoms with van der Waals surface area (Å²) in [5, 5.41) is 5.76. The number of hydrogen-bond donors (Lipinski definition) is 2. The number of piperidine rings is 1. The second-order valence-electron chi connectivity index (χ2n) is 11.1. The predicted molar refractivity (Wildman–Crippen MR) is 158 cm³/mol. The topological polar surface area (TPSA) is 106 Å². The average molecular weight is 626 g/mol. The number of nitrogens with one attached hydrogen (secondary N) is 2. The van der Waals surface area contributed by atoms with E-state index in [0.717, 1.165) is 17.7 Å². The lowest BCUT2D eigenvalue weighted by Crippen LogP contribution is -2.57. The number of rotatable bonds is 2. The summed E-state index contributed by atoms with van der Waals surface area (Å²) in [5.41, 5.74) is 0.612. The summed E-state index contributed by atoms with van der Waals surface area (Å²) >= 11 is 0. The molecule has 3 aromatic rings. The number of ether oxygens (including phenoxy) is 3. The highest BCUT2D eigenvalue weighted by Gasteiger charge is 2.36. The van der Waals surface area contributed by atoms with Crippen LogP contribution < -0.4 is 20.1 Å². The maximum Gasteiger partial charge on any atom is 0.416 e. The Morgan fingerprint density at radius 2 is 1.87 bits per heavy atom. The fraction of sp³-hybridized carbons (Fsp3) is 0.364. The summed E-state index contributed by atoms with van der Waals surface area (Å²) in [7, 11) is 1.50. The Labute approximate surface area is 258 Å². The van der Waals surface area contributed by atoms with Gasteiger partial charge in [0.1, 0.15) is 17.2 Å². The minimum absolute atomic E-state index is 0.0364. The molecular formula is C33H34F3N3O6. The largest absolute Gasteiger partial charge is 0.497 e. The van der Waals surface area contributed by atoms with E-state index in [4.69, 9.17) is 14.2 Å². The van der Waals surface area contributed by atoms with E-state index in [0.29, 0.717) is 41.2 Å². The van der Waals surface area contributed by atoms with Crippen molar-refractivity contribution in [3.8, 4) is 17.2 Å². The molecule has 1 saturated heterocycles. The monoisotopic (exact) mass is 625 g/mol. The zero-order valence-electron chi connectivity index (χ0n) is 24.9. The number of methoxy groups -OCH3 is 1. The van der Waals surface area contributed by atoms with Gasteiger partial charge in [0.25, 0.3) is 11.8 Å². The van der Waals surface area contributed by atoms with Gasteiger partial charge in [-0.3, -0.25) is 14.4 Å². The number of benzene rings is 3. The highest BCUT2D eigenvalue weighted by molar-refractivity contribution is 5.96. The zero-order chi connectivity index (χ0) is 32.1. The first-order chi connectivity index (χ1) is 21.5. The molecule has 2 aliphatic heterocycles. The predicted octanol–water partition coefficient (Wildman–Crippen LogP) is 5.25. The highest BCUT2D eigenvalue weighted by atomic mass is 19.4. The van der Waals surface area contributed by atoms with E-state index in [1.807, 2.05) is 6.07 Å². The molecule has 238 valence electrons. The van der Waals surface area contributed by atoms with E-state index in [2.05, 4.69) is 10.6 Å². The molecule has 2 atom stereocenters. The van der Waals surface area contributed by atoms with Crippen LogP contribution in [0.15, 0.2) is 60.7 Å². The first-order valence-electron chi connectivity index (χ1n) is 14.6. The van der Waals surface area contributed by atoms with Gasteiger partial charge in [-0.2, -0.15) is 13.2 Å². The standard InChI is InChI=1S/C33H34F3N3O6/c1-20-8-9-23(33(34,35)36)16-27(20)32(42)39-12-10-29-28(18-39)38-30(40)7-4-11-37-31(41)22-14-25(43-2)17-26(15-22)45-24-6-3-5-21(13-24)19-44-29/h3,5-6,8-9,13-17,28-29H,4,7,10-12,18-19H2,1-2H3,(H,37,41)(H,38,40)/t28-,29-/m0/s1. The summed E-state index contributed by atoms with van der Waals surface area (Å²) in [4.78, 5) is 40.8. The van der Waals surface area contributed by atoms with Crippen molar-refractivity contribution >= 4 is 17.7 Å². The molecule has 5 rings (SSSR count). The molecule has 0 aromatic heterocycles. The molecule has 2 aliphatic rings. The van der Waals surface area contributed by atoms with Crippen molar-refractivity contribution in [2.24, 2.45) is 0 Å².